The summed E-state index contributed by atoms with van der Waals surface area (Å²) in [6, 6.07) is 9.33. The van der Waals surface area contributed by atoms with Gasteiger partial charge in [-0.3, -0.25) is 9.89 Å². The molecule has 0 saturated carbocycles. The van der Waals surface area contributed by atoms with E-state index in [4.69, 9.17) is 0 Å². The van der Waals surface area contributed by atoms with E-state index in [1.54, 1.807) is 10.00 Å². The molecular formula is C18H19F3N4O2. The summed E-state index contributed by atoms with van der Waals surface area (Å²) in [6.07, 6.45) is -1.98. The number of alkyl halides is 3. The maximum absolute atomic E-state index is 12.8. The van der Waals surface area contributed by atoms with E-state index in [9.17, 15) is 23.1 Å². The Balaban J connectivity index is 1.59. The number of carbonyl (C=O) groups excluding carboxylic acids is 1. The van der Waals surface area contributed by atoms with E-state index in [0.717, 1.165) is 12.0 Å². The number of H-pyrrole nitrogens is 1. The fourth-order valence-corrected chi connectivity index (χ4v) is 4.62. The molecule has 27 heavy (non-hydrogen) atoms. The van der Waals surface area contributed by atoms with Crippen LogP contribution in [0.15, 0.2) is 30.3 Å². The Morgan fingerprint density at radius 1 is 1.30 bits per heavy atom. The molecule has 0 aliphatic carbocycles. The number of hydrogen-bond acceptors (Lipinski definition) is 4. The van der Waals surface area contributed by atoms with Crippen molar-refractivity contribution in [3.63, 3.8) is 0 Å². The summed E-state index contributed by atoms with van der Waals surface area (Å²) in [5.41, 5.74) is 0.562. The molecule has 6 nitrogen and oxygen atoms in total. The molecule has 2 N–H and O–H groups in total. The molecule has 1 aromatic heterocycles. The van der Waals surface area contributed by atoms with E-state index in [1.807, 2.05) is 30.3 Å². The summed E-state index contributed by atoms with van der Waals surface area (Å²) in [5.74, 6) is -2.37. The molecular weight excluding hydrogens is 361 g/mol. The molecule has 1 aromatic carbocycles. The van der Waals surface area contributed by atoms with Crippen molar-refractivity contribution in [2.75, 3.05) is 6.61 Å². The van der Waals surface area contributed by atoms with Gasteiger partial charge in [-0.1, -0.05) is 30.3 Å². The first kappa shape index (κ1) is 18.0. The molecule has 2 fully saturated rings. The number of hydrogen-bond donors (Lipinski definition) is 2. The number of halogens is 3. The Hall–Kier alpha value is -2.42. The quantitative estimate of drug-likeness (QED) is 0.854. The highest BCUT2D eigenvalue weighted by Gasteiger charge is 2.57. The number of aromatic nitrogens is 3. The zero-order chi connectivity index (χ0) is 19.2. The molecule has 4 rings (SSSR count). The number of carbonyl (C=O) groups is 1. The van der Waals surface area contributed by atoms with Gasteiger partial charge in [0, 0.05) is 17.5 Å². The minimum Gasteiger partial charge on any atom is -0.396 e. The van der Waals surface area contributed by atoms with Crippen LogP contribution in [0.4, 0.5) is 13.2 Å². The third-order valence-corrected chi connectivity index (χ3v) is 5.75. The molecule has 1 amide bonds. The molecule has 3 atom stereocenters. The topological polar surface area (TPSA) is 82.1 Å². The van der Waals surface area contributed by atoms with Crippen molar-refractivity contribution in [3.8, 4) is 0 Å². The van der Waals surface area contributed by atoms with Crippen LogP contribution in [0.3, 0.4) is 0 Å². The molecule has 2 aromatic rings. The predicted octanol–water partition coefficient (Wildman–Crippen LogP) is 2.42. The van der Waals surface area contributed by atoms with Crippen molar-refractivity contribution < 1.29 is 23.1 Å². The van der Waals surface area contributed by atoms with Crippen molar-refractivity contribution >= 4 is 5.91 Å². The van der Waals surface area contributed by atoms with E-state index < -0.39 is 29.1 Å². The number of nitrogens with one attached hydrogen (secondary N) is 1. The highest BCUT2D eigenvalue weighted by molar-refractivity contribution is 5.91. The average molecular weight is 380 g/mol. The van der Waals surface area contributed by atoms with Gasteiger partial charge in [-0.05, 0) is 31.2 Å². The summed E-state index contributed by atoms with van der Waals surface area (Å²) in [6.45, 7) is -0.0887. The number of benzene rings is 1. The number of rotatable bonds is 4. The number of aliphatic hydroxyl groups excluding tert-OH is 1. The van der Waals surface area contributed by atoms with Crippen LogP contribution in [0.2, 0.25) is 0 Å². The van der Waals surface area contributed by atoms with Gasteiger partial charge >= 0.3 is 6.18 Å². The van der Waals surface area contributed by atoms with Crippen molar-refractivity contribution in [1.29, 1.82) is 0 Å². The number of amides is 1. The second kappa shape index (κ2) is 6.33. The highest BCUT2D eigenvalue weighted by atomic mass is 19.4. The van der Waals surface area contributed by atoms with Gasteiger partial charge < -0.3 is 10.0 Å². The smallest absolute Gasteiger partial charge is 0.396 e. The largest absolute Gasteiger partial charge is 0.451 e. The Kier molecular flexibility index (Phi) is 4.21. The molecule has 144 valence electrons. The Bertz CT molecular complexity index is 839. The normalized spacial score (nSPS) is 27.3. The minimum absolute atomic E-state index is 0.0887. The second-order valence-corrected chi connectivity index (χ2v) is 7.35. The van der Waals surface area contributed by atoms with E-state index >= 15 is 0 Å². The lowest BCUT2D eigenvalue weighted by Gasteiger charge is -2.35. The summed E-state index contributed by atoms with van der Waals surface area (Å²) >= 11 is 0. The minimum atomic E-state index is -4.68. The van der Waals surface area contributed by atoms with Gasteiger partial charge in [0.05, 0.1) is 6.61 Å². The van der Waals surface area contributed by atoms with Crippen LogP contribution >= 0.6 is 0 Å². The zero-order valence-electron chi connectivity index (χ0n) is 14.4. The molecule has 3 heterocycles. The Morgan fingerprint density at radius 2 is 2.04 bits per heavy atom. The van der Waals surface area contributed by atoms with Crippen molar-refractivity contribution in [2.45, 2.75) is 43.9 Å². The van der Waals surface area contributed by atoms with Crippen molar-refractivity contribution in [3.05, 3.63) is 47.5 Å². The molecule has 2 aliphatic heterocycles. The average Bonchev–Trinajstić information content (AvgIpc) is 3.35. The van der Waals surface area contributed by atoms with Crippen LogP contribution < -0.4 is 0 Å². The van der Waals surface area contributed by atoms with Crippen LogP contribution in [0, 0.1) is 5.41 Å². The van der Waals surface area contributed by atoms with Crippen LogP contribution in [0.25, 0.3) is 0 Å². The standard InChI is InChI=1S/C18H19F3N4O2/c19-18(20,21)16-22-14(23-24-16)15(27)25-12-6-7-13(25)17(9-12,10-26)8-11-4-2-1-3-5-11/h1-5,12-13,26H,6-10H2,(H,22,23,24)/t12-,13+,17-/m1/s1. The number of aromatic amines is 1. The van der Waals surface area contributed by atoms with Gasteiger partial charge in [0.15, 0.2) is 0 Å². The summed E-state index contributed by atoms with van der Waals surface area (Å²) in [4.78, 5) is 17.8. The molecule has 0 unspecified atom stereocenters. The Morgan fingerprint density at radius 3 is 2.67 bits per heavy atom. The molecule has 2 bridgehead atoms. The van der Waals surface area contributed by atoms with Gasteiger partial charge in [-0.2, -0.15) is 18.2 Å². The molecule has 0 radical (unpaired) electrons. The molecule has 2 saturated heterocycles. The molecule has 9 heteroatoms. The lowest BCUT2D eigenvalue weighted by molar-refractivity contribution is -0.144. The first-order chi connectivity index (χ1) is 12.8. The van der Waals surface area contributed by atoms with Gasteiger partial charge in [-0.15, -0.1) is 5.10 Å². The Labute approximate surface area is 153 Å². The van der Waals surface area contributed by atoms with Crippen LogP contribution in [0.1, 0.15) is 41.3 Å². The summed E-state index contributed by atoms with van der Waals surface area (Å²) in [5, 5.41) is 15.4. The SMILES string of the molecule is O=C(c1n[nH]c(C(F)(F)F)n1)N1[C@@H]2CC[C@H]1[C@](CO)(Cc1ccccc1)C2. The first-order valence-corrected chi connectivity index (χ1v) is 8.81. The third kappa shape index (κ3) is 2.99. The zero-order valence-corrected chi connectivity index (χ0v) is 14.4. The number of fused-ring (bicyclic) bond motifs is 2. The van der Waals surface area contributed by atoms with Gasteiger partial charge in [0.1, 0.15) is 0 Å². The van der Waals surface area contributed by atoms with E-state index in [1.165, 1.54) is 0 Å². The fourth-order valence-electron chi connectivity index (χ4n) is 4.62. The lowest BCUT2D eigenvalue weighted by Crippen LogP contribution is -2.44. The van der Waals surface area contributed by atoms with Crippen molar-refractivity contribution in [1.82, 2.24) is 20.1 Å². The summed E-state index contributed by atoms with van der Waals surface area (Å²) < 4.78 is 38.2. The van der Waals surface area contributed by atoms with Gasteiger partial charge in [0.25, 0.3) is 5.91 Å². The van der Waals surface area contributed by atoms with Gasteiger partial charge in [0.2, 0.25) is 11.6 Å². The fraction of sp³-hybridized carbons (Fsp3) is 0.500. The lowest BCUT2D eigenvalue weighted by atomic mass is 9.70. The van der Waals surface area contributed by atoms with Crippen LogP contribution in [-0.2, 0) is 12.6 Å². The van der Waals surface area contributed by atoms with Crippen molar-refractivity contribution in [2.24, 2.45) is 5.41 Å². The maximum Gasteiger partial charge on any atom is 0.451 e. The molecule has 0 spiro atoms. The number of nitrogens with zero attached hydrogens (tertiary/aromatic N) is 3. The van der Waals surface area contributed by atoms with E-state index in [0.29, 0.717) is 19.3 Å². The highest BCUT2D eigenvalue weighted by Crippen LogP contribution is 2.51. The maximum atomic E-state index is 12.8. The van der Waals surface area contributed by atoms with E-state index in [-0.39, 0.29) is 18.7 Å². The summed E-state index contributed by atoms with van der Waals surface area (Å²) in [7, 11) is 0. The monoisotopic (exact) mass is 380 g/mol. The van der Waals surface area contributed by atoms with Gasteiger partial charge in [-0.25, -0.2) is 0 Å². The third-order valence-electron chi connectivity index (χ3n) is 5.75. The molecule has 2 aliphatic rings. The first-order valence-electron chi connectivity index (χ1n) is 8.81. The van der Waals surface area contributed by atoms with E-state index in [2.05, 4.69) is 10.1 Å². The van der Waals surface area contributed by atoms with Crippen LogP contribution in [0.5, 0.6) is 0 Å². The number of aliphatic hydroxyl groups is 1. The van der Waals surface area contributed by atoms with Crippen LogP contribution in [-0.4, -0.2) is 49.8 Å². The predicted molar refractivity (Wildman–Crippen MR) is 88.6 cm³/mol. The second-order valence-electron chi connectivity index (χ2n) is 7.35.